The summed E-state index contributed by atoms with van der Waals surface area (Å²) < 4.78 is 21.5. The zero-order valence-electron chi connectivity index (χ0n) is 16.9. The summed E-state index contributed by atoms with van der Waals surface area (Å²) in [6, 6.07) is 16.5. The molecular formula is C23H21FN4O3. The number of rotatable bonds is 7. The van der Waals surface area contributed by atoms with Crippen molar-refractivity contribution in [1.29, 1.82) is 0 Å². The second-order valence-electron chi connectivity index (χ2n) is 6.98. The number of nitrogens with one attached hydrogen (secondary N) is 1. The Labute approximate surface area is 177 Å². The van der Waals surface area contributed by atoms with Crippen LogP contribution in [0.2, 0.25) is 0 Å². The van der Waals surface area contributed by atoms with E-state index in [9.17, 15) is 14.0 Å². The fourth-order valence-electron chi connectivity index (χ4n) is 3.42. The standard InChI is InChI=1S/C23H21FN4O3/c1-31-19-5-2-4-17(14-19)22(29)26-12-13-27-21-20(6-3-11-25-21)28(23(27)30)15-16-7-9-18(24)10-8-16/h2-11,14H,12-13,15H2,1H3,(H,26,29). The minimum absolute atomic E-state index is 0.242. The van der Waals surface area contributed by atoms with Gasteiger partial charge in [-0.25, -0.2) is 14.2 Å². The third-order valence-corrected chi connectivity index (χ3v) is 4.98. The molecule has 2 aromatic heterocycles. The number of nitrogens with zero attached hydrogens (tertiary/aromatic N) is 3. The van der Waals surface area contributed by atoms with Gasteiger partial charge in [0.2, 0.25) is 0 Å². The van der Waals surface area contributed by atoms with Gasteiger partial charge in [-0.1, -0.05) is 18.2 Å². The number of benzene rings is 2. The van der Waals surface area contributed by atoms with Crippen molar-refractivity contribution in [3.8, 4) is 5.75 Å². The first-order chi connectivity index (χ1) is 15.1. The zero-order chi connectivity index (χ0) is 21.8. The molecule has 0 aliphatic heterocycles. The van der Waals surface area contributed by atoms with Gasteiger partial charge in [0.25, 0.3) is 5.91 Å². The smallest absolute Gasteiger partial charge is 0.330 e. The molecule has 1 amide bonds. The topological polar surface area (TPSA) is 78.1 Å². The molecule has 7 nitrogen and oxygen atoms in total. The molecule has 1 N–H and O–H groups in total. The average molecular weight is 420 g/mol. The van der Waals surface area contributed by atoms with E-state index in [-0.39, 0.29) is 30.5 Å². The lowest BCUT2D eigenvalue weighted by atomic mass is 10.2. The molecule has 8 heteroatoms. The molecule has 0 bridgehead atoms. The molecular weight excluding hydrogens is 399 g/mol. The Balaban J connectivity index is 1.54. The van der Waals surface area contributed by atoms with Crippen LogP contribution >= 0.6 is 0 Å². The van der Waals surface area contributed by atoms with Crippen molar-refractivity contribution < 1.29 is 13.9 Å². The maximum absolute atomic E-state index is 13.2. The maximum Gasteiger partial charge on any atom is 0.330 e. The molecule has 2 aromatic carbocycles. The molecule has 0 spiro atoms. The van der Waals surface area contributed by atoms with Crippen LogP contribution in [-0.2, 0) is 13.1 Å². The van der Waals surface area contributed by atoms with E-state index in [2.05, 4.69) is 10.3 Å². The first-order valence-corrected chi connectivity index (χ1v) is 9.77. The highest BCUT2D eigenvalue weighted by Gasteiger charge is 2.15. The van der Waals surface area contributed by atoms with E-state index >= 15 is 0 Å². The van der Waals surface area contributed by atoms with Crippen LogP contribution < -0.4 is 15.7 Å². The SMILES string of the molecule is COc1cccc(C(=O)NCCn2c(=O)n(Cc3ccc(F)cc3)c3cccnc32)c1. The van der Waals surface area contributed by atoms with Crippen LogP contribution in [0.3, 0.4) is 0 Å². The average Bonchev–Trinajstić information content (AvgIpc) is 3.06. The first-order valence-electron chi connectivity index (χ1n) is 9.77. The fourth-order valence-corrected chi connectivity index (χ4v) is 3.42. The maximum atomic E-state index is 13.2. The van der Waals surface area contributed by atoms with Crippen LogP contribution in [0.5, 0.6) is 5.75 Å². The van der Waals surface area contributed by atoms with Gasteiger partial charge < -0.3 is 10.1 Å². The second kappa shape index (κ2) is 8.83. The predicted octanol–water partition coefficient (Wildman–Crippen LogP) is 2.82. The predicted molar refractivity (Wildman–Crippen MR) is 115 cm³/mol. The van der Waals surface area contributed by atoms with Gasteiger partial charge in [0.15, 0.2) is 5.65 Å². The van der Waals surface area contributed by atoms with Crippen LogP contribution in [0.25, 0.3) is 11.2 Å². The number of hydrogen-bond acceptors (Lipinski definition) is 4. The number of fused-ring (bicyclic) bond motifs is 1. The molecule has 4 aromatic rings. The van der Waals surface area contributed by atoms with Gasteiger partial charge in [-0.3, -0.25) is 13.9 Å². The van der Waals surface area contributed by atoms with E-state index in [0.29, 0.717) is 29.0 Å². The highest BCUT2D eigenvalue weighted by molar-refractivity contribution is 5.94. The van der Waals surface area contributed by atoms with E-state index in [0.717, 1.165) is 5.56 Å². The molecule has 0 saturated heterocycles. The van der Waals surface area contributed by atoms with E-state index in [1.165, 1.54) is 23.8 Å². The van der Waals surface area contributed by atoms with Crippen molar-refractivity contribution in [1.82, 2.24) is 19.4 Å². The zero-order valence-corrected chi connectivity index (χ0v) is 16.9. The molecule has 31 heavy (non-hydrogen) atoms. The largest absolute Gasteiger partial charge is 0.497 e. The molecule has 0 unspecified atom stereocenters. The van der Waals surface area contributed by atoms with Crippen LogP contribution in [0.15, 0.2) is 71.7 Å². The number of methoxy groups -OCH3 is 1. The summed E-state index contributed by atoms with van der Waals surface area (Å²) >= 11 is 0. The molecule has 0 atom stereocenters. The van der Waals surface area contributed by atoms with Crippen LogP contribution in [0, 0.1) is 5.82 Å². The van der Waals surface area contributed by atoms with Gasteiger partial charge in [-0.15, -0.1) is 0 Å². The van der Waals surface area contributed by atoms with Crippen molar-refractivity contribution >= 4 is 17.1 Å². The van der Waals surface area contributed by atoms with E-state index in [1.54, 1.807) is 53.2 Å². The number of amides is 1. The summed E-state index contributed by atoms with van der Waals surface area (Å²) in [5.74, 6) is 0.0128. The monoisotopic (exact) mass is 420 g/mol. The number of imidazole rings is 1. The minimum atomic E-state index is -0.327. The Morgan fingerprint density at radius 3 is 2.68 bits per heavy atom. The molecule has 0 aliphatic rings. The number of ether oxygens (including phenoxy) is 1. The summed E-state index contributed by atoms with van der Waals surface area (Å²) in [7, 11) is 1.54. The van der Waals surface area contributed by atoms with Crippen molar-refractivity contribution in [3.63, 3.8) is 0 Å². The summed E-state index contributed by atoms with van der Waals surface area (Å²) in [6.45, 7) is 0.811. The van der Waals surface area contributed by atoms with Gasteiger partial charge in [-0.2, -0.15) is 0 Å². The van der Waals surface area contributed by atoms with Crippen molar-refractivity contribution in [3.05, 3.63) is 94.3 Å². The van der Waals surface area contributed by atoms with Crippen LogP contribution in [0.1, 0.15) is 15.9 Å². The van der Waals surface area contributed by atoms with Gasteiger partial charge in [-0.05, 0) is 48.0 Å². The van der Waals surface area contributed by atoms with Gasteiger partial charge >= 0.3 is 5.69 Å². The third-order valence-electron chi connectivity index (χ3n) is 4.98. The summed E-state index contributed by atoms with van der Waals surface area (Å²) in [4.78, 5) is 29.8. The number of aromatic nitrogens is 3. The van der Waals surface area contributed by atoms with Crippen molar-refractivity contribution in [2.45, 2.75) is 13.1 Å². The number of carbonyl (C=O) groups is 1. The highest BCUT2D eigenvalue weighted by Crippen LogP contribution is 2.14. The Bertz CT molecular complexity index is 1280. The van der Waals surface area contributed by atoms with E-state index in [4.69, 9.17) is 4.74 Å². The lowest BCUT2D eigenvalue weighted by Gasteiger charge is -2.07. The molecule has 0 fully saturated rings. The van der Waals surface area contributed by atoms with E-state index < -0.39 is 0 Å². The summed E-state index contributed by atoms with van der Waals surface area (Å²) in [5, 5.41) is 2.82. The third kappa shape index (κ3) is 4.32. The fraction of sp³-hybridized carbons (Fsp3) is 0.174. The quantitative estimate of drug-likeness (QED) is 0.499. The highest BCUT2D eigenvalue weighted by atomic mass is 19.1. The number of carbonyl (C=O) groups excluding carboxylic acids is 1. The Morgan fingerprint density at radius 1 is 1.10 bits per heavy atom. The van der Waals surface area contributed by atoms with E-state index in [1.807, 2.05) is 6.07 Å². The van der Waals surface area contributed by atoms with Crippen LogP contribution in [0.4, 0.5) is 4.39 Å². The summed E-state index contributed by atoms with van der Waals surface area (Å²) in [5.41, 5.74) is 2.25. The molecule has 2 heterocycles. The molecule has 0 saturated carbocycles. The number of hydrogen-bond donors (Lipinski definition) is 1. The second-order valence-corrected chi connectivity index (χ2v) is 6.98. The van der Waals surface area contributed by atoms with Crippen molar-refractivity contribution in [2.24, 2.45) is 0 Å². The Hall–Kier alpha value is -3.94. The van der Waals surface area contributed by atoms with Crippen LogP contribution in [-0.4, -0.2) is 33.7 Å². The number of halogens is 1. The number of pyridine rings is 1. The molecule has 158 valence electrons. The summed E-state index contributed by atoms with van der Waals surface area (Å²) in [6.07, 6.45) is 1.62. The Kier molecular flexibility index (Phi) is 5.79. The minimum Gasteiger partial charge on any atom is -0.497 e. The Morgan fingerprint density at radius 2 is 1.90 bits per heavy atom. The van der Waals surface area contributed by atoms with Gasteiger partial charge in [0, 0.05) is 24.8 Å². The lowest BCUT2D eigenvalue weighted by molar-refractivity contribution is 0.0952. The molecule has 0 radical (unpaired) electrons. The van der Waals surface area contributed by atoms with Gasteiger partial charge in [0.05, 0.1) is 19.2 Å². The normalized spacial score (nSPS) is 10.9. The molecule has 0 aliphatic carbocycles. The first kappa shape index (κ1) is 20.3. The van der Waals surface area contributed by atoms with Gasteiger partial charge in [0.1, 0.15) is 11.6 Å². The van der Waals surface area contributed by atoms with Crippen molar-refractivity contribution in [2.75, 3.05) is 13.7 Å². The molecule has 4 rings (SSSR count). The lowest BCUT2D eigenvalue weighted by Crippen LogP contribution is -2.32.